The van der Waals surface area contributed by atoms with E-state index in [1.165, 1.54) is 6.92 Å². The maximum atomic E-state index is 10.4. The first-order valence-electron chi connectivity index (χ1n) is 5.14. The molecule has 0 bridgehead atoms. The van der Waals surface area contributed by atoms with Gasteiger partial charge in [-0.3, -0.25) is 4.79 Å². The minimum absolute atomic E-state index is 0.211. The summed E-state index contributed by atoms with van der Waals surface area (Å²) < 4.78 is 4.81. The molecule has 0 heterocycles. The van der Waals surface area contributed by atoms with Crippen LogP contribution in [-0.4, -0.2) is 12.6 Å². The summed E-state index contributed by atoms with van der Waals surface area (Å²) in [6, 6.07) is 0. The van der Waals surface area contributed by atoms with E-state index in [4.69, 9.17) is 4.74 Å². The number of unbranched alkanes of at least 4 members (excludes halogenated alkanes) is 1. The number of carbonyl (C=O) groups is 1. The van der Waals surface area contributed by atoms with E-state index in [1.807, 2.05) is 0 Å². The molecule has 0 aromatic carbocycles. The summed E-state index contributed by atoms with van der Waals surface area (Å²) in [4.78, 5) is 10.4. The predicted molar refractivity (Wildman–Crippen MR) is 59.1 cm³/mol. The number of ether oxygens (including phenoxy) is 1. The van der Waals surface area contributed by atoms with Gasteiger partial charge >= 0.3 is 5.97 Å². The van der Waals surface area contributed by atoms with Crippen molar-refractivity contribution in [3.05, 3.63) is 24.3 Å². The zero-order chi connectivity index (χ0) is 10.8. The Labute approximate surface area is 86.6 Å². The molecule has 0 saturated heterocycles. The summed E-state index contributed by atoms with van der Waals surface area (Å²) in [5.74, 6) is -0.211. The topological polar surface area (TPSA) is 26.3 Å². The van der Waals surface area contributed by atoms with Gasteiger partial charge in [-0.05, 0) is 19.3 Å². The molecule has 0 radical (unpaired) electrons. The van der Waals surface area contributed by atoms with Gasteiger partial charge < -0.3 is 4.74 Å². The molecule has 0 amide bonds. The van der Waals surface area contributed by atoms with Crippen LogP contribution in [0, 0.1) is 0 Å². The van der Waals surface area contributed by atoms with E-state index in [0.29, 0.717) is 6.61 Å². The van der Waals surface area contributed by atoms with Crippen molar-refractivity contribution < 1.29 is 9.53 Å². The third kappa shape index (κ3) is 9.04. The Kier molecular flexibility index (Phi) is 7.90. The fraction of sp³-hybridized carbons (Fsp3) is 0.583. The predicted octanol–water partition coefficient (Wildman–Crippen LogP) is 3.24. The van der Waals surface area contributed by atoms with Crippen LogP contribution in [0.4, 0.5) is 0 Å². The van der Waals surface area contributed by atoms with Crippen LogP contribution in [0.5, 0.6) is 0 Å². The van der Waals surface area contributed by atoms with Gasteiger partial charge in [0.2, 0.25) is 0 Å². The van der Waals surface area contributed by atoms with Gasteiger partial charge in [-0.25, -0.2) is 0 Å². The molecule has 0 saturated carbocycles. The molecule has 2 nitrogen and oxygen atoms in total. The third-order valence-corrected chi connectivity index (χ3v) is 1.76. The highest BCUT2D eigenvalue weighted by Crippen LogP contribution is 2.05. The standard InChI is InChI=1S/C12H20O2/c1-4-5-6-8-11(2)9-7-10-14-12(3)13/h6,8H,2,4-5,7,9-10H2,1,3H3/b8-6+. The lowest BCUT2D eigenvalue weighted by molar-refractivity contribution is -0.141. The van der Waals surface area contributed by atoms with Crippen molar-refractivity contribution in [2.24, 2.45) is 0 Å². The van der Waals surface area contributed by atoms with Crippen molar-refractivity contribution >= 4 is 5.97 Å². The second kappa shape index (κ2) is 8.54. The van der Waals surface area contributed by atoms with E-state index >= 15 is 0 Å². The number of rotatable bonds is 7. The van der Waals surface area contributed by atoms with E-state index in [-0.39, 0.29) is 5.97 Å². The van der Waals surface area contributed by atoms with Crippen molar-refractivity contribution in [1.29, 1.82) is 0 Å². The first-order chi connectivity index (χ1) is 6.66. The first kappa shape index (κ1) is 12.9. The summed E-state index contributed by atoms with van der Waals surface area (Å²) in [6.07, 6.45) is 8.20. The Morgan fingerprint density at radius 2 is 2.21 bits per heavy atom. The molecular formula is C12H20O2. The number of carbonyl (C=O) groups excluding carboxylic acids is 1. The minimum Gasteiger partial charge on any atom is -0.466 e. The highest BCUT2D eigenvalue weighted by Gasteiger charge is 1.93. The molecule has 0 aliphatic heterocycles. The summed E-state index contributed by atoms with van der Waals surface area (Å²) >= 11 is 0. The lowest BCUT2D eigenvalue weighted by atomic mass is 10.1. The summed E-state index contributed by atoms with van der Waals surface area (Å²) in [7, 11) is 0. The highest BCUT2D eigenvalue weighted by atomic mass is 16.5. The number of allylic oxidation sites excluding steroid dienone is 3. The monoisotopic (exact) mass is 196 g/mol. The Hall–Kier alpha value is -1.05. The lowest BCUT2D eigenvalue weighted by Crippen LogP contribution is -2.00. The zero-order valence-corrected chi connectivity index (χ0v) is 9.21. The molecule has 14 heavy (non-hydrogen) atoms. The number of esters is 1. The number of hydrogen-bond donors (Lipinski definition) is 0. The molecule has 0 fully saturated rings. The highest BCUT2D eigenvalue weighted by molar-refractivity contribution is 5.65. The van der Waals surface area contributed by atoms with Crippen molar-refractivity contribution in [1.82, 2.24) is 0 Å². The minimum atomic E-state index is -0.211. The van der Waals surface area contributed by atoms with Gasteiger partial charge in [0.1, 0.15) is 0 Å². The van der Waals surface area contributed by atoms with E-state index in [9.17, 15) is 4.79 Å². The van der Waals surface area contributed by atoms with Crippen molar-refractivity contribution in [3.8, 4) is 0 Å². The van der Waals surface area contributed by atoms with Gasteiger partial charge in [0, 0.05) is 6.92 Å². The van der Waals surface area contributed by atoms with Crippen LogP contribution in [0.3, 0.4) is 0 Å². The lowest BCUT2D eigenvalue weighted by Gasteiger charge is -2.01. The fourth-order valence-electron chi connectivity index (χ4n) is 1.02. The maximum Gasteiger partial charge on any atom is 0.302 e. The third-order valence-electron chi connectivity index (χ3n) is 1.76. The Morgan fingerprint density at radius 1 is 1.50 bits per heavy atom. The van der Waals surface area contributed by atoms with Crippen molar-refractivity contribution in [2.45, 2.75) is 39.5 Å². The first-order valence-corrected chi connectivity index (χ1v) is 5.14. The van der Waals surface area contributed by atoms with Gasteiger partial charge in [-0.1, -0.05) is 37.6 Å². The smallest absolute Gasteiger partial charge is 0.302 e. The van der Waals surface area contributed by atoms with Gasteiger partial charge in [0.25, 0.3) is 0 Å². The van der Waals surface area contributed by atoms with E-state index in [2.05, 4.69) is 25.7 Å². The molecule has 0 spiro atoms. The van der Waals surface area contributed by atoms with Gasteiger partial charge in [-0.2, -0.15) is 0 Å². The van der Waals surface area contributed by atoms with Crippen LogP contribution in [0.2, 0.25) is 0 Å². The maximum absolute atomic E-state index is 10.4. The normalized spacial score (nSPS) is 10.4. The molecule has 0 rings (SSSR count). The molecule has 0 unspecified atom stereocenters. The Morgan fingerprint density at radius 3 is 2.79 bits per heavy atom. The van der Waals surface area contributed by atoms with Crippen LogP contribution in [0.1, 0.15) is 39.5 Å². The van der Waals surface area contributed by atoms with E-state index in [1.54, 1.807) is 0 Å². The molecule has 0 N–H and O–H groups in total. The van der Waals surface area contributed by atoms with E-state index in [0.717, 1.165) is 31.3 Å². The second-order valence-corrected chi connectivity index (χ2v) is 3.29. The van der Waals surface area contributed by atoms with Crippen LogP contribution in [0.25, 0.3) is 0 Å². The summed E-state index contributed by atoms with van der Waals surface area (Å²) in [5, 5.41) is 0. The molecule has 0 aromatic heterocycles. The average molecular weight is 196 g/mol. The van der Waals surface area contributed by atoms with E-state index < -0.39 is 0 Å². The molecule has 0 aromatic rings. The van der Waals surface area contributed by atoms with Crippen molar-refractivity contribution in [2.75, 3.05) is 6.61 Å². The molecule has 0 atom stereocenters. The largest absolute Gasteiger partial charge is 0.466 e. The summed E-state index contributed by atoms with van der Waals surface area (Å²) in [5.41, 5.74) is 1.10. The second-order valence-electron chi connectivity index (χ2n) is 3.29. The summed E-state index contributed by atoms with van der Waals surface area (Å²) in [6.45, 7) is 7.99. The number of hydrogen-bond acceptors (Lipinski definition) is 2. The SMILES string of the molecule is C=C(/C=C/CCC)CCCOC(C)=O. The van der Waals surface area contributed by atoms with Crippen LogP contribution < -0.4 is 0 Å². The molecule has 0 aliphatic carbocycles. The quantitative estimate of drug-likeness (QED) is 0.355. The van der Waals surface area contributed by atoms with Crippen LogP contribution >= 0.6 is 0 Å². The fourth-order valence-corrected chi connectivity index (χ4v) is 1.02. The Balaban J connectivity index is 3.40. The van der Waals surface area contributed by atoms with Gasteiger partial charge in [0.15, 0.2) is 0 Å². The van der Waals surface area contributed by atoms with Gasteiger partial charge in [-0.15, -0.1) is 0 Å². The average Bonchev–Trinajstić information content (AvgIpc) is 2.13. The van der Waals surface area contributed by atoms with Crippen molar-refractivity contribution in [3.63, 3.8) is 0 Å². The molecule has 80 valence electrons. The molecule has 2 heteroatoms. The van der Waals surface area contributed by atoms with Gasteiger partial charge in [0.05, 0.1) is 6.61 Å². The Bertz CT molecular complexity index is 204. The van der Waals surface area contributed by atoms with Crippen LogP contribution in [0.15, 0.2) is 24.3 Å². The van der Waals surface area contributed by atoms with Crippen LogP contribution in [-0.2, 0) is 9.53 Å². The molecule has 0 aliphatic rings. The molecular weight excluding hydrogens is 176 g/mol. The zero-order valence-electron chi connectivity index (χ0n) is 9.21.